The minimum absolute atomic E-state index is 0.0242. The van der Waals surface area contributed by atoms with Crippen molar-refractivity contribution < 1.29 is 33.3 Å². The van der Waals surface area contributed by atoms with Crippen LogP contribution in [0.2, 0.25) is 0 Å². The number of aliphatic hydroxyl groups excluding tert-OH is 1. The number of carbonyl (C=O) groups is 2. The van der Waals surface area contributed by atoms with Gasteiger partial charge in [0.05, 0.1) is 38.6 Å². The number of para-hydroxylation sites is 1. The molecule has 3 aromatic carbocycles. The molecule has 200 valence electrons. The molecule has 0 aliphatic carbocycles. The van der Waals surface area contributed by atoms with Crippen molar-refractivity contribution in [1.82, 2.24) is 0 Å². The minimum atomic E-state index is -0.951. The summed E-state index contributed by atoms with van der Waals surface area (Å²) in [5.74, 6) is -0.667. The zero-order valence-corrected chi connectivity index (χ0v) is 22.2. The van der Waals surface area contributed by atoms with Crippen molar-refractivity contribution in [2.24, 2.45) is 0 Å². The van der Waals surface area contributed by atoms with E-state index in [-0.39, 0.29) is 11.3 Å². The number of ether oxygens (including phenoxy) is 3. The molecular formula is C30H28N2O7. The first-order valence-corrected chi connectivity index (χ1v) is 12.2. The van der Waals surface area contributed by atoms with Crippen molar-refractivity contribution in [3.63, 3.8) is 0 Å². The van der Waals surface area contributed by atoms with E-state index in [9.17, 15) is 14.7 Å². The second-order valence-corrected chi connectivity index (χ2v) is 9.22. The minimum Gasteiger partial charge on any atom is -0.503 e. The van der Waals surface area contributed by atoms with Crippen LogP contribution < -0.4 is 24.0 Å². The Labute approximate surface area is 225 Å². The normalized spacial score (nSPS) is 15.2. The first-order chi connectivity index (χ1) is 18.8. The van der Waals surface area contributed by atoms with Crippen LogP contribution in [0.25, 0.3) is 11.0 Å². The fraction of sp³-hybridized carbons (Fsp3) is 0.200. The van der Waals surface area contributed by atoms with Crippen molar-refractivity contribution in [3.8, 4) is 17.2 Å². The van der Waals surface area contributed by atoms with E-state index in [2.05, 4.69) is 0 Å². The molecule has 1 unspecified atom stereocenters. The number of benzene rings is 3. The zero-order chi connectivity index (χ0) is 27.8. The molecule has 0 radical (unpaired) electrons. The SMILES string of the molecule is COc1cc(OC)cc(N2C(=O)C(O)=C(C(=O)c3cc4cccc(OC)c4o3)C2c2ccc(N(C)C)cc2)c1. The summed E-state index contributed by atoms with van der Waals surface area (Å²) in [6.07, 6.45) is 0. The van der Waals surface area contributed by atoms with Gasteiger partial charge >= 0.3 is 0 Å². The van der Waals surface area contributed by atoms with Crippen LogP contribution in [0, 0.1) is 0 Å². The van der Waals surface area contributed by atoms with Crippen molar-refractivity contribution in [2.75, 3.05) is 45.2 Å². The second kappa shape index (κ2) is 10.1. The number of carbonyl (C=O) groups excluding carboxylic acids is 2. The summed E-state index contributed by atoms with van der Waals surface area (Å²) in [6.45, 7) is 0. The van der Waals surface area contributed by atoms with Crippen molar-refractivity contribution in [1.29, 1.82) is 0 Å². The van der Waals surface area contributed by atoms with Gasteiger partial charge in [-0.2, -0.15) is 0 Å². The number of amides is 1. The van der Waals surface area contributed by atoms with Gasteiger partial charge in [0.2, 0.25) is 5.78 Å². The molecule has 0 saturated heterocycles. The van der Waals surface area contributed by atoms with Crippen LogP contribution in [0.5, 0.6) is 17.2 Å². The number of Topliss-reactive ketones (excluding diaryl/α,β-unsaturated/α-hetero) is 1. The van der Waals surface area contributed by atoms with Gasteiger partial charge in [0.25, 0.3) is 5.91 Å². The van der Waals surface area contributed by atoms with E-state index >= 15 is 0 Å². The average Bonchev–Trinajstić information content (AvgIpc) is 3.51. The zero-order valence-electron chi connectivity index (χ0n) is 22.2. The molecule has 0 fully saturated rings. The Hall–Kier alpha value is -4.92. The number of ketones is 1. The van der Waals surface area contributed by atoms with Crippen molar-refractivity contribution in [2.45, 2.75) is 6.04 Å². The van der Waals surface area contributed by atoms with E-state index < -0.39 is 23.5 Å². The molecule has 5 rings (SSSR count). The Balaban J connectivity index is 1.67. The number of methoxy groups -OCH3 is 3. The highest BCUT2D eigenvalue weighted by Crippen LogP contribution is 2.44. The van der Waals surface area contributed by atoms with Crippen molar-refractivity contribution >= 4 is 34.0 Å². The van der Waals surface area contributed by atoms with Gasteiger partial charge in [-0.15, -0.1) is 0 Å². The molecule has 2 heterocycles. The van der Waals surface area contributed by atoms with Gasteiger partial charge in [-0.05, 0) is 29.8 Å². The topological polar surface area (TPSA) is 102 Å². The maximum Gasteiger partial charge on any atom is 0.294 e. The Bertz CT molecular complexity index is 1580. The predicted octanol–water partition coefficient (Wildman–Crippen LogP) is 5.31. The quantitative estimate of drug-likeness (QED) is 0.307. The number of hydrogen-bond donors (Lipinski definition) is 1. The largest absolute Gasteiger partial charge is 0.503 e. The lowest BCUT2D eigenvalue weighted by molar-refractivity contribution is -0.117. The Morgan fingerprint density at radius 1 is 0.923 bits per heavy atom. The third-order valence-corrected chi connectivity index (χ3v) is 6.74. The van der Waals surface area contributed by atoms with E-state index in [0.717, 1.165) is 5.69 Å². The summed E-state index contributed by atoms with van der Waals surface area (Å²) in [5.41, 5.74) is 2.24. The Morgan fingerprint density at radius 2 is 1.59 bits per heavy atom. The van der Waals surface area contributed by atoms with Gasteiger partial charge in [0, 0.05) is 43.4 Å². The third-order valence-electron chi connectivity index (χ3n) is 6.74. The van der Waals surface area contributed by atoms with Gasteiger partial charge in [-0.25, -0.2) is 0 Å². The van der Waals surface area contributed by atoms with Gasteiger partial charge in [-0.1, -0.05) is 24.3 Å². The Morgan fingerprint density at radius 3 is 2.18 bits per heavy atom. The number of nitrogens with zero attached hydrogens (tertiary/aromatic N) is 2. The average molecular weight is 529 g/mol. The lowest BCUT2D eigenvalue weighted by Crippen LogP contribution is -2.31. The predicted molar refractivity (Wildman–Crippen MR) is 147 cm³/mol. The highest BCUT2D eigenvalue weighted by atomic mass is 16.5. The summed E-state index contributed by atoms with van der Waals surface area (Å²) >= 11 is 0. The number of fused-ring (bicyclic) bond motifs is 1. The smallest absolute Gasteiger partial charge is 0.294 e. The summed E-state index contributed by atoms with van der Waals surface area (Å²) in [4.78, 5) is 30.9. The van der Waals surface area contributed by atoms with Crippen LogP contribution in [-0.2, 0) is 4.79 Å². The van der Waals surface area contributed by atoms with Crippen LogP contribution in [0.4, 0.5) is 11.4 Å². The second-order valence-electron chi connectivity index (χ2n) is 9.22. The van der Waals surface area contributed by atoms with Gasteiger partial charge in [0.15, 0.2) is 22.9 Å². The summed E-state index contributed by atoms with van der Waals surface area (Å²) in [6, 6.07) is 18.3. The lowest BCUT2D eigenvalue weighted by atomic mass is 9.94. The first kappa shape index (κ1) is 25.7. The molecule has 0 bridgehead atoms. The molecule has 0 saturated carbocycles. The van der Waals surface area contributed by atoms with Crippen LogP contribution in [0.15, 0.2) is 82.5 Å². The highest BCUT2D eigenvalue weighted by molar-refractivity contribution is 6.20. The van der Waals surface area contributed by atoms with Gasteiger partial charge in [0.1, 0.15) is 11.5 Å². The number of aliphatic hydroxyl groups is 1. The molecule has 1 N–H and O–H groups in total. The van der Waals surface area contributed by atoms with E-state index in [4.69, 9.17) is 18.6 Å². The fourth-order valence-electron chi connectivity index (χ4n) is 4.75. The molecule has 1 aliphatic heterocycles. The van der Waals surface area contributed by atoms with E-state index in [1.165, 1.54) is 26.2 Å². The maximum atomic E-state index is 14.0. The molecule has 0 spiro atoms. The van der Waals surface area contributed by atoms with Crippen LogP contribution in [-0.4, -0.2) is 52.2 Å². The monoisotopic (exact) mass is 528 g/mol. The fourth-order valence-corrected chi connectivity index (χ4v) is 4.75. The summed E-state index contributed by atoms with van der Waals surface area (Å²) in [7, 11) is 8.35. The molecule has 1 aromatic heterocycles. The Kier molecular flexibility index (Phi) is 6.66. The number of rotatable bonds is 8. The molecule has 1 amide bonds. The molecular weight excluding hydrogens is 500 g/mol. The van der Waals surface area contributed by atoms with Crippen molar-refractivity contribution in [3.05, 3.63) is 89.4 Å². The molecule has 1 atom stereocenters. The van der Waals surface area contributed by atoms with E-state index in [1.54, 1.807) is 42.5 Å². The van der Waals surface area contributed by atoms with Crippen LogP contribution in [0.3, 0.4) is 0 Å². The van der Waals surface area contributed by atoms with Crippen LogP contribution in [0.1, 0.15) is 22.2 Å². The van der Waals surface area contributed by atoms with Gasteiger partial charge in [-0.3, -0.25) is 14.5 Å². The third kappa shape index (κ3) is 4.41. The van der Waals surface area contributed by atoms with Gasteiger partial charge < -0.3 is 28.6 Å². The molecule has 9 nitrogen and oxygen atoms in total. The molecule has 39 heavy (non-hydrogen) atoms. The highest BCUT2D eigenvalue weighted by Gasteiger charge is 2.45. The molecule has 1 aliphatic rings. The maximum absolute atomic E-state index is 14.0. The standard InChI is InChI=1S/C30H28N2O7/c1-31(2)19-11-9-17(10-12-19)26-25(27(33)24-13-18-7-6-8-23(38-5)29(18)39-24)28(34)30(35)32(26)20-14-21(36-3)16-22(15-20)37-4/h6-16,26,34H,1-5H3. The lowest BCUT2D eigenvalue weighted by Gasteiger charge is -2.28. The van der Waals surface area contributed by atoms with E-state index in [0.29, 0.717) is 39.5 Å². The number of furan rings is 1. The summed E-state index contributed by atoms with van der Waals surface area (Å²) in [5, 5.41) is 11.8. The molecule has 4 aromatic rings. The van der Waals surface area contributed by atoms with Crippen LogP contribution >= 0.6 is 0 Å². The number of anilines is 2. The van der Waals surface area contributed by atoms with E-state index in [1.807, 2.05) is 43.3 Å². The summed E-state index contributed by atoms with van der Waals surface area (Å²) < 4.78 is 22.1. The molecule has 9 heteroatoms. The first-order valence-electron chi connectivity index (χ1n) is 12.2. The number of hydrogen-bond acceptors (Lipinski definition) is 8.